The first-order valence-corrected chi connectivity index (χ1v) is 2.86. The maximum Gasteiger partial charge on any atom is 0.171 e. The summed E-state index contributed by atoms with van der Waals surface area (Å²) in [5, 5.41) is 9.07. The molecule has 0 spiro atoms. The van der Waals surface area contributed by atoms with Crippen molar-refractivity contribution in [3.8, 4) is 5.06 Å². The van der Waals surface area contributed by atoms with E-state index >= 15 is 0 Å². The molecule has 0 aromatic carbocycles. The van der Waals surface area contributed by atoms with Crippen molar-refractivity contribution in [1.29, 1.82) is 0 Å². The Balaban J connectivity index is 3.04. The summed E-state index contributed by atoms with van der Waals surface area (Å²) in [5.41, 5.74) is 0. The largest absolute Gasteiger partial charge is 0.499 e. The predicted octanol–water partition coefficient (Wildman–Crippen LogP) is 1.76. The summed E-state index contributed by atoms with van der Waals surface area (Å²) in [7, 11) is 0. The number of aryl methyl sites for hydroxylation is 1. The second kappa shape index (κ2) is 1.54. The Bertz CT molecular complexity index is 140. The average molecular weight is 114 g/mol. The third-order valence-corrected chi connectivity index (χ3v) is 1.53. The Morgan fingerprint density at radius 1 is 1.57 bits per heavy atom. The summed E-state index contributed by atoms with van der Waals surface area (Å²) in [5.74, 6) is 0. The normalized spacial score (nSPS) is 9.29. The molecule has 0 radical (unpaired) electrons. The zero-order chi connectivity index (χ0) is 5.28. The van der Waals surface area contributed by atoms with Gasteiger partial charge in [-0.1, -0.05) is 0 Å². The van der Waals surface area contributed by atoms with Crippen LogP contribution in [-0.2, 0) is 0 Å². The van der Waals surface area contributed by atoms with Crippen molar-refractivity contribution in [3.63, 3.8) is 0 Å². The molecule has 1 heterocycles. The third kappa shape index (κ3) is 0.933. The van der Waals surface area contributed by atoms with Gasteiger partial charge in [-0.25, -0.2) is 0 Å². The first-order chi connectivity index (χ1) is 3.29. The summed E-state index contributed by atoms with van der Waals surface area (Å²) in [6, 6.07) is 3.58. The monoisotopic (exact) mass is 114 g/mol. The molecule has 1 nitrogen and oxygen atoms in total. The van der Waals surface area contributed by atoms with Crippen LogP contribution >= 0.6 is 11.3 Å². The van der Waals surface area contributed by atoms with E-state index in [2.05, 4.69) is 0 Å². The Labute approximate surface area is 46.2 Å². The standard InChI is InChI=1S/C5H6OS/c1-4-2-3-5(6)7-4/h2-3,6H,1H3. The average Bonchev–Trinajstić information content (AvgIpc) is 1.87. The van der Waals surface area contributed by atoms with Gasteiger partial charge < -0.3 is 5.11 Å². The molecule has 0 unspecified atom stereocenters. The lowest BCUT2D eigenvalue weighted by Crippen LogP contribution is -1.43. The molecule has 2 heteroatoms. The predicted molar refractivity (Wildman–Crippen MR) is 30.7 cm³/mol. The van der Waals surface area contributed by atoms with Crippen molar-refractivity contribution in [3.05, 3.63) is 17.0 Å². The summed E-state index contributed by atoms with van der Waals surface area (Å²) < 4.78 is 0. The molecule has 7 heavy (non-hydrogen) atoms. The number of rotatable bonds is 0. The molecule has 1 aromatic heterocycles. The number of hydrogen-bond donors (Lipinski definition) is 1. The van der Waals surface area contributed by atoms with Crippen LogP contribution in [0.1, 0.15) is 4.88 Å². The maximum atomic E-state index is 8.67. The number of aromatic hydroxyl groups is 1. The Hall–Kier alpha value is -0.500. The van der Waals surface area contributed by atoms with Gasteiger partial charge in [-0.15, -0.1) is 11.3 Å². The molecule has 0 bridgehead atoms. The minimum atomic E-state index is 0.400. The van der Waals surface area contributed by atoms with Crippen LogP contribution in [0.4, 0.5) is 0 Å². The van der Waals surface area contributed by atoms with Gasteiger partial charge in [-0.2, -0.15) is 0 Å². The van der Waals surface area contributed by atoms with E-state index in [1.54, 1.807) is 6.07 Å². The van der Waals surface area contributed by atoms with Crippen LogP contribution < -0.4 is 0 Å². The summed E-state index contributed by atoms with van der Waals surface area (Å²) >= 11 is 1.40. The summed E-state index contributed by atoms with van der Waals surface area (Å²) in [6.07, 6.45) is 0. The molecule has 0 amide bonds. The Morgan fingerprint density at radius 2 is 2.29 bits per heavy atom. The molecular weight excluding hydrogens is 108 g/mol. The molecule has 0 aliphatic rings. The molecule has 38 valence electrons. The fourth-order valence-electron chi connectivity index (χ4n) is 0.422. The molecule has 0 saturated heterocycles. The minimum absolute atomic E-state index is 0.400. The SMILES string of the molecule is Cc1ccc(O)s1. The van der Waals surface area contributed by atoms with Crippen LogP contribution in [0.3, 0.4) is 0 Å². The van der Waals surface area contributed by atoms with E-state index in [0.717, 1.165) is 4.88 Å². The van der Waals surface area contributed by atoms with Crippen LogP contribution in [0.2, 0.25) is 0 Å². The second-order valence-corrected chi connectivity index (χ2v) is 2.65. The van der Waals surface area contributed by atoms with Crippen LogP contribution in [0.5, 0.6) is 5.06 Å². The van der Waals surface area contributed by atoms with Gasteiger partial charge in [0, 0.05) is 4.88 Å². The van der Waals surface area contributed by atoms with Gasteiger partial charge in [0.2, 0.25) is 0 Å². The van der Waals surface area contributed by atoms with Crippen LogP contribution in [0.25, 0.3) is 0 Å². The van der Waals surface area contributed by atoms with Crippen molar-refractivity contribution in [2.45, 2.75) is 6.92 Å². The van der Waals surface area contributed by atoms with E-state index in [1.165, 1.54) is 11.3 Å². The lowest BCUT2D eigenvalue weighted by atomic mass is 10.5. The van der Waals surface area contributed by atoms with Crippen LogP contribution in [-0.4, -0.2) is 5.11 Å². The number of thiophene rings is 1. The fourth-order valence-corrected chi connectivity index (χ4v) is 1.02. The molecule has 0 saturated carbocycles. The highest BCUT2D eigenvalue weighted by Gasteiger charge is 1.87. The summed E-state index contributed by atoms with van der Waals surface area (Å²) in [4.78, 5) is 1.15. The van der Waals surface area contributed by atoms with E-state index in [4.69, 9.17) is 5.11 Å². The van der Waals surface area contributed by atoms with Gasteiger partial charge in [0.15, 0.2) is 5.06 Å². The quantitative estimate of drug-likeness (QED) is 0.545. The highest BCUT2D eigenvalue weighted by Crippen LogP contribution is 2.20. The van der Waals surface area contributed by atoms with Gasteiger partial charge in [0.25, 0.3) is 0 Å². The van der Waals surface area contributed by atoms with Gasteiger partial charge in [0.05, 0.1) is 0 Å². The van der Waals surface area contributed by atoms with Crippen molar-refractivity contribution < 1.29 is 5.11 Å². The van der Waals surface area contributed by atoms with Gasteiger partial charge in [0.1, 0.15) is 0 Å². The first kappa shape index (κ1) is 4.65. The molecule has 0 aliphatic heterocycles. The maximum absolute atomic E-state index is 8.67. The fraction of sp³-hybridized carbons (Fsp3) is 0.200. The van der Waals surface area contributed by atoms with Crippen molar-refractivity contribution in [2.75, 3.05) is 0 Å². The first-order valence-electron chi connectivity index (χ1n) is 2.04. The highest BCUT2D eigenvalue weighted by atomic mass is 32.1. The smallest absolute Gasteiger partial charge is 0.171 e. The van der Waals surface area contributed by atoms with Crippen LogP contribution in [0.15, 0.2) is 12.1 Å². The lowest BCUT2D eigenvalue weighted by molar-refractivity contribution is 0.491. The molecule has 0 fully saturated rings. The minimum Gasteiger partial charge on any atom is -0.499 e. The van der Waals surface area contributed by atoms with E-state index in [0.29, 0.717) is 5.06 Å². The topological polar surface area (TPSA) is 20.2 Å². The Morgan fingerprint density at radius 3 is 2.43 bits per heavy atom. The molecule has 1 N–H and O–H groups in total. The third-order valence-electron chi connectivity index (χ3n) is 0.726. The van der Waals surface area contributed by atoms with Gasteiger partial charge in [-0.05, 0) is 19.1 Å². The van der Waals surface area contributed by atoms with Gasteiger partial charge in [-0.3, -0.25) is 0 Å². The highest BCUT2D eigenvalue weighted by molar-refractivity contribution is 7.13. The molecular formula is C5H6OS. The molecule has 0 aliphatic carbocycles. The molecule has 0 atom stereocenters. The van der Waals surface area contributed by atoms with Crippen LogP contribution in [0, 0.1) is 6.92 Å². The van der Waals surface area contributed by atoms with E-state index < -0.39 is 0 Å². The van der Waals surface area contributed by atoms with Crippen molar-refractivity contribution in [1.82, 2.24) is 0 Å². The lowest BCUT2D eigenvalue weighted by Gasteiger charge is -1.71. The molecule has 1 rings (SSSR count). The zero-order valence-corrected chi connectivity index (χ0v) is 4.83. The second-order valence-electron chi connectivity index (χ2n) is 1.38. The molecule has 1 aromatic rings. The van der Waals surface area contributed by atoms with Gasteiger partial charge >= 0.3 is 0 Å². The summed E-state index contributed by atoms with van der Waals surface area (Å²) in [6.45, 7) is 1.96. The van der Waals surface area contributed by atoms with Crippen molar-refractivity contribution in [2.24, 2.45) is 0 Å². The Kier molecular flexibility index (Phi) is 1.02. The number of hydrogen-bond acceptors (Lipinski definition) is 2. The van der Waals surface area contributed by atoms with E-state index in [-0.39, 0.29) is 0 Å². The van der Waals surface area contributed by atoms with Crippen molar-refractivity contribution >= 4 is 11.3 Å². The zero-order valence-electron chi connectivity index (χ0n) is 4.01. The van der Waals surface area contributed by atoms with E-state index in [9.17, 15) is 0 Å². The van der Waals surface area contributed by atoms with E-state index in [1.807, 2.05) is 13.0 Å².